The van der Waals surface area contributed by atoms with Crippen LogP contribution in [0.5, 0.6) is 0 Å². The second kappa shape index (κ2) is 46.8. The van der Waals surface area contributed by atoms with Crippen molar-refractivity contribution in [1.82, 2.24) is 46.1 Å². The summed E-state index contributed by atoms with van der Waals surface area (Å²) in [7, 11) is -2.66. The molecule has 0 unspecified atom stereocenters. The van der Waals surface area contributed by atoms with Gasteiger partial charge in [0.05, 0.1) is 76.0 Å². The lowest BCUT2D eigenvalue weighted by Gasteiger charge is -2.40. The van der Waals surface area contributed by atoms with E-state index in [1.54, 1.807) is 23.6 Å². The second-order valence-electron chi connectivity index (χ2n) is 28.5. The zero-order valence-corrected chi connectivity index (χ0v) is 67.1. The molecule has 31 heteroatoms. The molecular weight excluding hydrogens is 1450 g/mol. The lowest BCUT2D eigenvalue weighted by atomic mass is 9.91. The number of hydrogen-bond acceptors (Lipinski definition) is 20. The molecule has 0 bridgehead atoms. The first-order valence-electron chi connectivity index (χ1n) is 38.4. The SMILES string of the molecule is CCCCCCN(C(=O)[C@@H](NC(=O)[C@H]1CCCCN1C)[C@@H](C)CC)[C@H](C[C@@H](OC(C)=O)c1nc(C(=O)NS(=O)(=O)c2ccc(NC(=O)[C@H](CCCNC(N)=O)NC(=O)[C@@H](NC(=O)CCOCCOCCOCCOCCNC(=O)CCC(=O)N3Cc4ccccc4/C=C(/C)c4ccccc43)C(C)C)cc2)cs1)C(C)C. The van der Waals surface area contributed by atoms with Crippen molar-refractivity contribution in [2.24, 2.45) is 23.5 Å². The summed E-state index contributed by atoms with van der Waals surface area (Å²) in [5.41, 5.74) is 10.00. The van der Waals surface area contributed by atoms with Crippen LogP contribution in [0.15, 0.2) is 83.1 Å². The number of aromatic nitrogens is 1. The van der Waals surface area contributed by atoms with Gasteiger partial charge in [0, 0.05) is 74.9 Å². The van der Waals surface area contributed by atoms with Crippen molar-refractivity contribution in [3.05, 3.63) is 106 Å². The number of carbonyl (C=O) groups is 10. The number of unbranched alkanes of at least 4 members (excludes halogenated alkanes) is 3. The highest BCUT2D eigenvalue weighted by Crippen LogP contribution is 2.35. The summed E-state index contributed by atoms with van der Waals surface area (Å²) in [5.74, 6) is -5.26. The van der Waals surface area contributed by atoms with Gasteiger partial charge in [-0.25, -0.2) is 22.9 Å². The number of fused-ring (bicyclic) bond motifs is 2. The number of allylic oxidation sites excluding steroid dienone is 1. The molecule has 4 aromatic rings. The van der Waals surface area contributed by atoms with Crippen molar-refractivity contribution in [3.63, 3.8) is 0 Å². The summed E-state index contributed by atoms with van der Waals surface area (Å²) in [4.78, 5) is 144. The van der Waals surface area contributed by atoms with Gasteiger partial charge in [0.2, 0.25) is 41.4 Å². The number of amides is 10. The summed E-state index contributed by atoms with van der Waals surface area (Å²) in [5, 5.41) is 18.0. The fraction of sp³-hybridized carbons (Fsp3) is 0.582. The predicted octanol–water partition coefficient (Wildman–Crippen LogP) is 8.18. The molecule has 0 aliphatic carbocycles. The van der Waals surface area contributed by atoms with Gasteiger partial charge in [0.25, 0.3) is 15.9 Å². The molecule has 0 spiro atoms. The molecule has 9 N–H and O–H groups in total. The van der Waals surface area contributed by atoms with Gasteiger partial charge in [0.15, 0.2) is 6.10 Å². The summed E-state index contributed by atoms with van der Waals surface area (Å²) in [6.07, 6.45) is 8.02. The number of carbonyl (C=O) groups excluding carboxylic acids is 10. The van der Waals surface area contributed by atoms with Crippen LogP contribution in [0.1, 0.15) is 190 Å². The van der Waals surface area contributed by atoms with Crippen LogP contribution in [0.4, 0.5) is 16.2 Å². The summed E-state index contributed by atoms with van der Waals surface area (Å²) in [6, 6.07) is 15.8. The standard InChI is InChI=1S/C79H116N12O17S2/c1-11-13-14-20-39-90(78(100)72(54(7)12-2)87-75(98)65-28-19-21-38-89(65)10)66(52(3)4)49-67(108-56(9)92)77-85-63(51-109-77)74(97)88-110(102,103)60-31-29-59(30-32-60)83-73(96)62(26-22-36-82-79(80)101)84-76(99)71(53(5)6)86-69(94)35-40-104-42-44-106-46-47-107-45-43-105-41-37-81-68(93)33-34-70(95)91-50-58-24-16-15-23-57(58)48-55(8)61-25-17-18-27-64(61)91/h15-18,23-25,27,29-32,48,51-54,62,65-67,71-72H,11-14,19-22,26,28,33-47,49-50H2,1-10H3,(H,81,93)(H,83,96)(H,84,99)(H,86,94)(H,87,98)(H,88,97)(H3,80,82,101)/b55-48-/t54-,62-,65+,66+,67+,71-,72-/m0/s1. The van der Waals surface area contributed by atoms with E-state index in [9.17, 15) is 51.6 Å². The van der Waals surface area contributed by atoms with E-state index >= 15 is 4.79 Å². The van der Waals surface area contributed by atoms with Crippen LogP contribution in [-0.4, -0.2) is 199 Å². The van der Waals surface area contributed by atoms with Crippen LogP contribution in [0.25, 0.3) is 11.6 Å². The van der Waals surface area contributed by atoms with E-state index in [2.05, 4.69) is 49.9 Å². The quantitative estimate of drug-likeness (QED) is 0.0153. The first-order valence-corrected chi connectivity index (χ1v) is 40.8. The number of benzene rings is 3. The first-order chi connectivity index (χ1) is 52.6. The molecule has 10 amide bonds. The summed E-state index contributed by atoms with van der Waals surface area (Å²) in [6.45, 7) is 20.3. The highest BCUT2D eigenvalue weighted by molar-refractivity contribution is 7.90. The van der Waals surface area contributed by atoms with Crippen LogP contribution in [0, 0.1) is 17.8 Å². The number of piperidine rings is 1. The number of para-hydroxylation sites is 1. The number of likely N-dealkylation sites (tertiary alicyclic amines) is 1. The molecule has 1 fully saturated rings. The number of thiazole rings is 1. The van der Waals surface area contributed by atoms with Crippen molar-refractivity contribution in [1.29, 1.82) is 0 Å². The molecule has 606 valence electrons. The van der Waals surface area contributed by atoms with Crippen LogP contribution in [0.2, 0.25) is 0 Å². The van der Waals surface area contributed by atoms with Gasteiger partial charge < -0.3 is 71.1 Å². The van der Waals surface area contributed by atoms with Gasteiger partial charge >= 0.3 is 12.0 Å². The van der Waals surface area contributed by atoms with E-state index < -0.39 is 81.8 Å². The Bertz CT molecular complexity index is 3820. The topological polar surface area (TPSA) is 384 Å². The number of anilines is 2. The first kappa shape index (κ1) is 90.2. The van der Waals surface area contributed by atoms with Gasteiger partial charge in [-0.15, -0.1) is 11.3 Å². The molecule has 0 saturated carbocycles. The van der Waals surface area contributed by atoms with Gasteiger partial charge in [-0.3, -0.25) is 48.1 Å². The van der Waals surface area contributed by atoms with Gasteiger partial charge in [-0.1, -0.05) is 129 Å². The number of rotatable bonds is 47. The Morgan fingerprint density at radius 3 is 2.04 bits per heavy atom. The largest absolute Gasteiger partial charge is 0.455 e. The average molecular weight is 1570 g/mol. The highest BCUT2D eigenvalue weighted by atomic mass is 32.2. The normalized spacial score (nSPS) is 15.8. The zero-order chi connectivity index (χ0) is 80.3. The molecule has 6 rings (SSSR count). The van der Waals surface area contributed by atoms with E-state index in [4.69, 9.17) is 29.4 Å². The van der Waals surface area contributed by atoms with Crippen LogP contribution >= 0.6 is 11.3 Å². The number of hydrogen-bond donors (Lipinski definition) is 8. The van der Waals surface area contributed by atoms with E-state index in [-0.39, 0.29) is 161 Å². The van der Waals surface area contributed by atoms with Crippen molar-refractivity contribution < 1.29 is 80.0 Å². The molecular formula is C79H116N12O17S2. The minimum absolute atomic E-state index is 0.000445. The maximum absolute atomic E-state index is 15.0. The lowest BCUT2D eigenvalue weighted by molar-refractivity contribution is -0.150. The van der Waals surface area contributed by atoms with Gasteiger partial charge in [-0.2, -0.15) is 0 Å². The molecule has 110 heavy (non-hydrogen) atoms. The molecule has 3 aromatic carbocycles. The molecule has 29 nitrogen and oxygen atoms in total. The fourth-order valence-corrected chi connectivity index (χ4v) is 14.7. The number of sulfonamides is 1. The Morgan fingerprint density at radius 1 is 0.709 bits per heavy atom. The maximum Gasteiger partial charge on any atom is 0.312 e. The Morgan fingerprint density at radius 2 is 1.38 bits per heavy atom. The number of ether oxygens (including phenoxy) is 5. The van der Waals surface area contributed by atoms with E-state index in [1.807, 2.05) is 99.8 Å². The van der Waals surface area contributed by atoms with E-state index in [0.717, 1.165) is 90.1 Å². The third-order valence-corrected chi connectivity index (χ3v) is 21.6. The van der Waals surface area contributed by atoms with E-state index in [1.165, 1.54) is 24.4 Å². The Labute approximate surface area is 651 Å². The molecule has 2 aliphatic rings. The van der Waals surface area contributed by atoms with Crippen molar-refractivity contribution >= 4 is 104 Å². The van der Waals surface area contributed by atoms with Crippen molar-refractivity contribution in [3.8, 4) is 0 Å². The predicted molar refractivity (Wildman–Crippen MR) is 420 cm³/mol. The van der Waals surface area contributed by atoms with Crippen molar-refractivity contribution in [2.45, 2.75) is 200 Å². The average Bonchev–Trinajstić information content (AvgIpc) is 0.849. The van der Waals surface area contributed by atoms with E-state index in [0.29, 0.717) is 39.0 Å². The smallest absolute Gasteiger partial charge is 0.312 e. The molecule has 7 atom stereocenters. The Balaban J connectivity index is 0.921. The summed E-state index contributed by atoms with van der Waals surface area (Å²) >= 11 is 0.982. The number of nitrogens with zero attached hydrogens (tertiary/aromatic N) is 4. The number of likely N-dealkylation sites (N-methyl/N-ethyl adjacent to an activating group) is 1. The summed E-state index contributed by atoms with van der Waals surface area (Å²) < 4.78 is 57.8. The minimum Gasteiger partial charge on any atom is -0.455 e. The molecule has 2 aliphatic heterocycles. The molecule has 1 saturated heterocycles. The third-order valence-electron chi connectivity index (χ3n) is 19.3. The third kappa shape index (κ3) is 29.5. The number of urea groups is 1. The van der Waals surface area contributed by atoms with Gasteiger partial charge in [-0.05, 0) is 117 Å². The highest BCUT2D eigenvalue weighted by Gasteiger charge is 2.40. The number of nitrogens with one attached hydrogen (secondary N) is 7. The number of esters is 1. The van der Waals surface area contributed by atoms with Crippen LogP contribution in [-0.2, 0) is 78.6 Å². The Kier molecular flexibility index (Phi) is 38.4. The molecule has 0 radical (unpaired) electrons. The Hall–Kier alpha value is -8.72. The number of nitrogens with two attached hydrogens (primary N) is 1. The number of primary amides is 1. The molecule has 3 heterocycles. The monoisotopic (exact) mass is 1570 g/mol. The minimum atomic E-state index is -4.58. The van der Waals surface area contributed by atoms with Gasteiger partial charge in [0.1, 0.15) is 28.8 Å². The molecule has 1 aromatic heterocycles. The maximum atomic E-state index is 15.0. The fourth-order valence-electron chi connectivity index (χ4n) is 12.9. The van der Waals surface area contributed by atoms with Crippen LogP contribution < -0.4 is 47.3 Å². The van der Waals surface area contributed by atoms with Crippen molar-refractivity contribution in [2.75, 3.05) is 96.3 Å². The lowest BCUT2D eigenvalue weighted by Crippen LogP contribution is -2.59. The van der Waals surface area contributed by atoms with Crippen LogP contribution in [0.3, 0.4) is 0 Å². The zero-order valence-electron chi connectivity index (χ0n) is 65.5. The second-order valence-corrected chi connectivity index (χ2v) is 31.0.